The third-order valence-corrected chi connectivity index (χ3v) is 4.23. The van der Waals surface area contributed by atoms with E-state index in [4.69, 9.17) is 0 Å². The number of likely N-dealkylation sites (tertiary alicyclic amines) is 1. The minimum absolute atomic E-state index is 0.659. The second kappa shape index (κ2) is 9.62. The normalized spacial score (nSPS) is 15.7. The molecular weight excluding hydrogens is 270 g/mol. The summed E-state index contributed by atoms with van der Waals surface area (Å²) in [6, 6.07) is 2.81. The van der Waals surface area contributed by atoms with Gasteiger partial charge in [0.2, 0.25) is 0 Å². The van der Waals surface area contributed by atoms with Crippen molar-refractivity contribution in [2.45, 2.75) is 60.4 Å². The van der Waals surface area contributed by atoms with Gasteiger partial charge in [0.15, 0.2) is 0 Å². The second-order valence-corrected chi connectivity index (χ2v) is 5.28. The summed E-state index contributed by atoms with van der Waals surface area (Å²) in [7, 11) is 0. The van der Waals surface area contributed by atoms with Crippen LogP contribution in [0, 0.1) is 6.92 Å². The highest BCUT2D eigenvalue weighted by Gasteiger charge is 2.21. The Morgan fingerprint density at radius 1 is 1.14 bits per heavy atom. The third kappa shape index (κ3) is 4.10. The molecule has 3 rings (SSSR count). The van der Waals surface area contributed by atoms with Gasteiger partial charge in [-0.25, -0.2) is 0 Å². The van der Waals surface area contributed by atoms with Gasteiger partial charge < -0.3 is 9.47 Å². The molecule has 0 radical (unpaired) electrons. The number of pyridine rings is 1. The summed E-state index contributed by atoms with van der Waals surface area (Å²) in [5.41, 5.74) is 2.69. The average molecular weight is 303 g/mol. The van der Waals surface area contributed by atoms with Crippen LogP contribution in [0.5, 0.6) is 0 Å². The molecule has 0 amide bonds. The maximum atomic E-state index is 4.24. The van der Waals surface area contributed by atoms with Crippen molar-refractivity contribution < 1.29 is 0 Å². The second-order valence-electron chi connectivity index (χ2n) is 5.28. The number of piperidine rings is 1. The SMILES string of the molecule is CC.CC.CCN1CCC(n2cc(C)c3cnccc32)CC1. The Morgan fingerprint density at radius 3 is 2.36 bits per heavy atom. The van der Waals surface area contributed by atoms with Gasteiger partial charge >= 0.3 is 0 Å². The number of hydrogen-bond acceptors (Lipinski definition) is 2. The van der Waals surface area contributed by atoms with Crippen molar-refractivity contribution in [3.05, 3.63) is 30.2 Å². The molecule has 1 aliphatic heterocycles. The van der Waals surface area contributed by atoms with Crippen molar-refractivity contribution in [2.75, 3.05) is 19.6 Å². The molecule has 22 heavy (non-hydrogen) atoms. The first kappa shape index (κ1) is 18.7. The summed E-state index contributed by atoms with van der Waals surface area (Å²) >= 11 is 0. The summed E-state index contributed by atoms with van der Waals surface area (Å²) in [6.07, 6.45) is 8.72. The number of nitrogens with zero attached hydrogens (tertiary/aromatic N) is 3. The van der Waals surface area contributed by atoms with Crippen LogP contribution in [0.3, 0.4) is 0 Å². The van der Waals surface area contributed by atoms with Gasteiger partial charge in [-0.3, -0.25) is 4.98 Å². The maximum Gasteiger partial charge on any atom is 0.0516 e. The van der Waals surface area contributed by atoms with Crippen molar-refractivity contribution in [1.29, 1.82) is 0 Å². The summed E-state index contributed by atoms with van der Waals surface area (Å²) in [5, 5.41) is 1.30. The lowest BCUT2D eigenvalue weighted by atomic mass is 10.0. The molecule has 0 saturated carbocycles. The Balaban J connectivity index is 0.000000561. The smallest absolute Gasteiger partial charge is 0.0516 e. The van der Waals surface area contributed by atoms with E-state index in [0.717, 1.165) is 0 Å². The van der Waals surface area contributed by atoms with Gasteiger partial charge in [0.05, 0.1) is 5.52 Å². The van der Waals surface area contributed by atoms with E-state index >= 15 is 0 Å². The van der Waals surface area contributed by atoms with E-state index in [-0.39, 0.29) is 0 Å². The number of fused-ring (bicyclic) bond motifs is 1. The standard InChI is InChI=1S/C15H21N3.2C2H6/c1-3-17-8-5-13(6-9-17)18-11-12(2)14-10-16-7-4-15(14)18;2*1-2/h4,7,10-11,13H,3,5-6,8-9H2,1-2H3;2*1-2H3. The fourth-order valence-electron chi connectivity index (χ4n) is 3.08. The van der Waals surface area contributed by atoms with Crippen molar-refractivity contribution in [2.24, 2.45) is 0 Å². The van der Waals surface area contributed by atoms with Crippen LogP contribution >= 0.6 is 0 Å². The minimum Gasteiger partial charge on any atom is -0.344 e. The van der Waals surface area contributed by atoms with Crippen LogP contribution in [-0.4, -0.2) is 34.1 Å². The largest absolute Gasteiger partial charge is 0.344 e. The van der Waals surface area contributed by atoms with E-state index in [2.05, 4.69) is 40.6 Å². The lowest BCUT2D eigenvalue weighted by molar-refractivity contribution is 0.197. The highest BCUT2D eigenvalue weighted by Crippen LogP contribution is 2.29. The predicted molar refractivity (Wildman–Crippen MR) is 97.6 cm³/mol. The summed E-state index contributed by atoms with van der Waals surface area (Å²) < 4.78 is 2.47. The summed E-state index contributed by atoms with van der Waals surface area (Å²) in [5.74, 6) is 0. The molecule has 0 aliphatic carbocycles. The topological polar surface area (TPSA) is 21.1 Å². The van der Waals surface area contributed by atoms with Crippen LogP contribution in [0.2, 0.25) is 0 Å². The zero-order valence-electron chi connectivity index (χ0n) is 15.3. The molecule has 3 nitrogen and oxygen atoms in total. The zero-order chi connectivity index (χ0) is 16.5. The van der Waals surface area contributed by atoms with E-state index in [0.29, 0.717) is 6.04 Å². The molecule has 0 N–H and O–H groups in total. The highest BCUT2D eigenvalue weighted by atomic mass is 15.1. The lowest BCUT2D eigenvalue weighted by Crippen LogP contribution is -2.34. The van der Waals surface area contributed by atoms with Crippen molar-refractivity contribution in [3.8, 4) is 0 Å². The summed E-state index contributed by atoms with van der Waals surface area (Å²) in [6.45, 7) is 16.1. The molecule has 0 aromatic carbocycles. The first-order valence-corrected chi connectivity index (χ1v) is 8.93. The summed E-state index contributed by atoms with van der Waals surface area (Å²) in [4.78, 5) is 6.77. The van der Waals surface area contributed by atoms with Crippen LogP contribution in [0.25, 0.3) is 10.9 Å². The molecule has 3 heterocycles. The molecular formula is C19H33N3. The molecule has 1 aliphatic rings. The van der Waals surface area contributed by atoms with E-state index in [9.17, 15) is 0 Å². The molecule has 0 bridgehead atoms. The molecule has 3 heteroatoms. The fourth-order valence-corrected chi connectivity index (χ4v) is 3.08. The van der Waals surface area contributed by atoms with Crippen molar-refractivity contribution in [1.82, 2.24) is 14.5 Å². The van der Waals surface area contributed by atoms with Gasteiger partial charge in [-0.1, -0.05) is 34.6 Å². The Morgan fingerprint density at radius 2 is 1.77 bits per heavy atom. The quantitative estimate of drug-likeness (QED) is 0.773. The fraction of sp³-hybridized carbons (Fsp3) is 0.632. The molecule has 0 atom stereocenters. The molecule has 0 unspecified atom stereocenters. The van der Waals surface area contributed by atoms with E-state index in [1.165, 1.54) is 48.9 Å². The van der Waals surface area contributed by atoms with Crippen molar-refractivity contribution in [3.63, 3.8) is 0 Å². The number of hydrogen-bond donors (Lipinski definition) is 0. The van der Waals surface area contributed by atoms with E-state index in [1.807, 2.05) is 40.1 Å². The zero-order valence-corrected chi connectivity index (χ0v) is 15.3. The Bertz CT molecular complexity index is 537. The number of aromatic nitrogens is 2. The molecule has 2 aromatic heterocycles. The van der Waals surface area contributed by atoms with Gasteiger partial charge in [-0.05, 0) is 37.9 Å². The van der Waals surface area contributed by atoms with Gasteiger partial charge in [-0.15, -0.1) is 0 Å². The third-order valence-electron chi connectivity index (χ3n) is 4.23. The van der Waals surface area contributed by atoms with Crippen LogP contribution < -0.4 is 0 Å². The average Bonchev–Trinajstić information content (AvgIpc) is 2.96. The van der Waals surface area contributed by atoms with Crippen LogP contribution in [-0.2, 0) is 0 Å². The van der Waals surface area contributed by atoms with Gasteiger partial charge in [-0.2, -0.15) is 0 Å². The Hall–Kier alpha value is -1.35. The molecule has 1 saturated heterocycles. The van der Waals surface area contributed by atoms with Gasteiger partial charge in [0, 0.05) is 43.1 Å². The van der Waals surface area contributed by atoms with Crippen LogP contribution in [0.15, 0.2) is 24.7 Å². The molecule has 2 aromatic rings. The van der Waals surface area contributed by atoms with Crippen molar-refractivity contribution >= 4 is 10.9 Å². The van der Waals surface area contributed by atoms with E-state index < -0.39 is 0 Å². The first-order valence-electron chi connectivity index (χ1n) is 8.93. The Kier molecular flexibility index (Phi) is 8.18. The first-order chi connectivity index (χ1) is 10.8. The molecule has 124 valence electrons. The van der Waals surface area contributed by atoms with E-state index in [1.54, 1.807) is 0 Å². The number of rotatable bonds is 2. The predicted octanol–water partition coefficient (Wildman–Crippen LogP) is 5.05. The highest BCUT2D eigenvalue weighted by molar-refractivity contribution is 5.82. The molecule has 0 spiro atoms. The Labute approximate surface area is 136 Å². The molecule has 1 fully saturated rings. The lowest BCUT2D eigenvalue weighted by Gasteiger charge is -2.32. The van der Waals surface area contributed by atoms with Gasteiger partial charge in [0.25, 0.3) is 0 Å². The van der Waals surface area contributed by atoms with Crippen LogP contribution in [0.1, 0.15) is 59.1 Å². The van der Waals surface area contributed by atoms with Crippen LogP contribution in [0.4, 0.5) is 0 Å². The number of aryl methyl sites for hydroxylation is 1. The maximum absolute atomic E-state index is 4.24. The minimum atomic E-state index is 0.659. The monoisotopic (exact) mass is 303 g/mol. The van der Waals surface area contributed by atoms with Gasteiger partial charge in [0.1, 0.15) is 0 Å².